The standard InChI is InChI=1S/C29H29N5O9.ClH/c1-29(2,28(42)43)14-9-16(15-7-12(3-6-20(15)35)11-32-26(39)22(37)23(38)27(40)41)21(36)17(10-14)25-33-18-5-4-13(24(30)31)8-19(18)34-25;/h3-10,22-23,35-38H,11H2,1-2H3,(H3,30,31)(H,32,39)(H,33,34)(H,40,41)(H,42,43);1H. The Hall–Kier alpha value is -5.18. The number of benzene rings is 3. The summed E-state index contributed by atoms with van der Waals surface area (Å²) in [5, 5.41) is 70.1. The molecule has 4 rings (SSSR count). The summed E-state index contributed by atoms with van der Waals surface area (Å²) >= 11 is 0. The van der Waals surface area contributed by atoms with Crippen molar-refractivity contribution >= 4 is 47.1 Å². The molecular formula is C29H30ClN5O9. The number of aliphatic carboxylic acids is 2. The van der Waals surface area contributed by atoms with Crippen LogP contribution in [0.25, 0.3) is 33.5 Å². The van der Waals surface area contributed by atoms with Gasteiger partial charge in [0, 0.05) is 23.2 Å². The molecule has 15 heteroatoms. The van der Waals surface area contributed by atoms with Crippen LogP contribution < -0.4 is 11.1 Å². The van der Waals surface area contributed by atoms with Crippen molar-refractivity contribution in [2.45, 2.75) is 38.0 Å². The zero-order valence-corrected chi connectivity index (χ0v) is 24.1. The number of fused-ring (bicyclic) bond motifs is 1. The van der Waals surface area contributed by atoms with Gasteiger partial charge in [0.25, 0.3) is 5.91 Å². The summed E-state index contributed by atoms with van der Waals surface area (Å²) in [7, 11) is 0. The molecule has 0 saturated carbocycles. The number of halogens is 1. The number of nitrogens with zero attached hydrogens (tertiary/aromatic N) is 1. The number of carbonyl (C=O) groups is 3. The van der Waals surface area contributed by atoms with E-state index in [2.05, 4.69) is 15.3 Å². The van der Waals surface area contributed by atoms with E-state index in [0.717, 1.165) is 0 Å². The predicted octanol–water partition coefficient (Wildman–Crippen LogP) is 1.80. The molecule has 44 heavy (non-hydrogen) atoms. The van der Waals surface area contributed by atoms with E-state index < -0.39 is 35.5 Å². The molecule has 0 bridgehead atoms. The van der Waals surface area contributed by atoms with Crippen molar-refractivity contribution in [3.05, 3.63) is 65.2 Å². The normalized spacial score (nSPS) is 12.6. The first-order valence-electron chi connectivity index (χ1n) is 12.8. The van der Waals surface area contributed by atoms with Crippen LogP contribution in [0.1, 0.15) is 30.5 Å². The molecule has 2 unspecified atom stereocenters. The summed E-state index contributed by atoms with van der Waals surface area (Å²) in [5.41, 5.74) is 6.38. The third-order valence-corrected chi connectivity index (χ3v) is 7.05. The molecule has 11 N–H and O–H groups in total. The second-order valence-corrected chi connectivity index (χ2v) is 10.4. The summed E-state index contributed by atoms with van der Waals surface area (Å²) in [6.45, 7) is 2.68. The van der Waals surface area contributed by atoms with Crippen LogP contribution >= 0.6 is 12.4 Å². The molecule has 2 atom stereocenters. The van der Waals surface area contributed by atoms with E-state index in [1.807, 2.05) is 0 Å². The average molecular weight is 628 g/mol. The topological polar surface area (TPSA) is 263 Å². The molecule has 4 aromatic rings. The Labute approximate surface area is 255 Å². The number of phenolic OH excluding ortho intramolecular Hbond substituents is 2. The number of amidine groups is 1. The largest absolute Gasteiger partial charge is 0.507 e. The average Bonchev–Trinajstić information content (AvgIpc) is 3.39. The Morgan fingerprint density at radius 2 is 1.64 bits per heavy atom. The lowest BCUT2D eigenvalue weighted by molar-refractivity contribution is -0.158. The Morgan fingerprint density at radius 3 is 2.25 bits per heavy atom. The highest BCUT2D eigenvalue weighted by atomic mass is 35.5. The number of H-pyrrole nitrogens is 1. The first-order valence-corrected chi connectivity index (χ1v) is 12.8. The number of phenols is 2. The highest BCUT2D eigenvalue weighted by Crippen LogP contribution is 2.44. The Bertz CT molecular complexity index is 1790. The molecule has 0 aliphatic heterocycles. The van der Waals surface area contributed by atoms with Crippen molar-refractivity contribution in [3.63, 3.8) is 0 Å². The van der Waals surface area contributed by atoms with Crippen molar-refractivity contribution in [1.29, 1.82) is 5.41 Å². The molecule has 1 amide bonds. The minimum atomic E-state index is -2.33. The predicted molar refractivity (Wildman–Crippen MR) is 161 cm³/mol. The van der Waals surface area contributed by atoms with E-state index >= 15 is 0 Å². The van der Waals surface area contributed by atoms with Gasteiger partial charge in [-0.05, 0) is 67.4 Å². The van der Waals surface area contributed by atoms with Gasteiger partial charge in [0.05, 0.1) is 22.0 Å². The summed E-state index contributed by atoms with van der Waals surface area (Å²) in [6, 6.07) is 11.8. The summed E-state index contributed by atoms with van der Waals surface area (Å²) < 4.78 is 0. The van der Waals surface area contributed by atoms with E-state index in [9.17, 15) is 39.9 Å². The molecule has 232 valence electrons. The first-order chi connectivity index (χ1) is 20.1. The van der Waals surface area contributed by atoms with Crippen LogP contribution in [0.5, 0.6) is 11.5 Å². The van der Waals surface area contributed by atoms with Crippen molar-refractivity contribution in [2.24, 2.45) is 5.73 Å². The Balaban J connectivity index is 0.00000529. The van der Waals surface area contributed by atoms with E-state index in [-0.39, 0.29) is 64.4 Å². The number of amides is 1. The number of carboxylic acid groups (broad SMARTS) is 2. The number of aliphatic hydroxyl groups excluding tert-OH is 2. The molecule has 0 aliphatic rings. The number of aliphatic hydroxyl groups is 2. The number of aromatic amines is 1. The van der Waals surface area contributed by atoms with Gasteiger partial charge in [-0.15, -0.1) is 12.4 Å². The number of nitrogen functional groups attached to an aromatic ring is 1. The lowest BCUT2D eigenvalue weighted by Gasteiger charge is -2.23. The van der Waals surface area contributed by atoms with Crippen molar-refractivity contribution in [3.8, 4) is 34.0 Å². The number of carbonyl (C=O) groups excluding carboxylic acids is 1. The summed E-state index contributed by atoms with van der Waals surface area (Å²) in [6.07, 6.45) is -4.57. The number of hydrogen-bond donors (Lipinski definition) is 10. The lowest BCUT2D eigenvalue weighted by atomic mass is 9.81. The zero-order chi connectivity index (χ0) is 31.8. The number of nitrogens with one attached hydrogen (secondary N) is 3. The third-order valence-electron chi connectivity index (χ3n) is 7.05. The Kier molecular flexibility index (Phi) is 9.53. The number of aromatic nitrogens is 2. The second-order valence-electron chi connectivity index (χ2n) is 10.4. The van der Waals surface area contributed by atoms with Crippen molar-refractivity contribution in [1.82, 2.24) is 15.3 Å². The molecule has 1 aromatic heterocycles. The molecule has 3 aromatic carbocycles. The van der Waals surface area contributed by atoms with Crippen LogP contribution in [-0.4, -0.2) is 76.5 Å². The SMILES string of the molecule is CC(C)(C(=O)O)c1cc(-c2nc3cc(C(=N)N)ccc3[nH]2)c(O)c(-c2cc(CNC(=O)C(O)C(O)C(=O)O)ccc2O)c1.Cl. The van der Waals surface area contributed by atoms with Gasteiger partial charge in [-0.25, -0.2) is 9.78 Å². The van der Waals surface area contributed by atoms with Gasteiger partial charge in [0.15, 0.2) is 12.2 Å². The monoisotopic (exact) mass is 627 g/mol. The fourth-order valence-corrected chi connectivity index (χ4v) is 4.29. The minimum Gasteiger partial charge on any atom is -0.507 e. The van der Waals surface area contributed by atoms with Crippen molar-refractivity contribution in [2.75, 3.05) is 0 Å². The van der Waals surface area contributed by atoms with E-state index in [4.69, 9.17) is 16.2 Å². The van der Waals surface area contributed by atoms with Gasteiger partial charge >= 0.3 is 11.9 Å². The maximum atomic E-state index is 12.2. The number of hydrogen-bond acceptors (Lipinski definition) is 9. The zero-order valence-electron chi connectivity index (χ0n) is 23.3. The molecule has 0 radical (unpaired) electrons. The van der Waals surface area contributed by atoms with E-state index in [0.29, 0.717) is 22.2 Å². The molecular weight excluding hydrogens is 598 g/mol. The van der Waals surface area contributed by atoms with Gasteiger partial charge in [-0.2, -0.15) is 0 Å². The highest BCUT2D eigenvalue weighted by Gasteiger charge is 2.33. The molecule has 0 saturated heterocycles. The van der Waals surface area contributed by atoms with Gasteiger partial charge in [0.2, 0.25) is 0 Å². The smallest absolute Gasteiger partial charge is 0.335 e. The Morgan fingerprint density at radius 1 is 0.977 bits per heavy atom. The van der Waals surface area contributed by atoms with E-state index in [1.54, 1.807) is 18.2 Å². The third kappa shape index (κ3) is 6.41. The highest BCUT2D eigenvalue weighted by molar-refractivity contribution is 5.98. The summed E-state index contributed by atoms with van der Waals surface area (Å²) in [4.78, 5) is 42.7. The van der Waals surface area contributed by atoms with Gasteiger partial charge in [0.1, 0.15) is 23.2 Å². The molecule has 0 spiro atoms. The van der Waals surface area contributed by atoms with Crippen LogP contribution in [0.4, 0.5) is 0 Å². The number of aromatic hydroxyl groups is 2. The first kappa shape index (κ1) is 33.3. The lowest BCUT2D eigenvalue weighted by Crippen LogP contribution is -2.45. The summed E-state index contributed by atoms with van der Waals surface area (Å²) in [5.74, 6) is -4.74. The minimum absolute atomic E-state index is 0. The number of nitrogens with two attached hydrogens (primary N) is 1. The molecule has 0 aliphatic carbocycles. The molecule has 1 heterocycles. The fourth-order valence-electron chi connectivity index (χ4n) is 4.29. The number of imidazole rings is 1. The van der Waals surface area contributed by atoms with Crippen molar-refractivity contribution < 1.29 is 45.0 Å². The van der Waals surface area contributed by atoms with Gasteiger partial charge < -0.3 is 46.7 Å². The number of carboxylic acids is 2. The maximum absolute atomic E-state index is 12.2. The van der Waals surface area contributed by atoms with Crippen LogP contribution in [0, 0.1) is 5.41 Å². The van der Waals surface area contributed by atoms with Crippen LogP contribution in [0.2, 0.25) is 0 Å². The number of rotatable bonds is 10. The van der Waals surface area contributed by atoms with Crippen LogP contribution in [-0.2, 0) is 26.3 Å². The van der Waals surface area contributed by atoms with Gasteiger partial charge in [-0.1, -0.05) is 6.07 Å². The maximum Gasteiger partial charge on any atom is 0.335 e. The van der Waals surface area contributed by atoms with E-state index in [1.165, 1.54) is 44.2 Å². The van der Waals surface area contributed by atoms with Crippen LogP contribution in [0.3, 0.4) is 0 Å². The quantitative estimate of drug-likeness (QED) is 0.0894. The van der Waals surface area contributed by atoms with Crippen LogP contribution in [0.15, 0.2) is 48.5 Å². The fraction of sp³-hybridized carbons (Fsp3) is 0.207. The van der Waals surface area contributed by atoms with Gasteiger partial charge in [-0.3, -0.25) is 15.0 Å². The second kappa shape index (κ2) is 12.6. The molecule has 14 nitrogen and oxygen atoms in total. The molecule has 0 fully saturated rings.